The quantitative estimate of drug-likeness (QED) is 0.864. The highest BCUT2D eigenvalue weighted by atomic mass is 16.5. The van der Waals surface area contributed by atoms with Crippen molar-refractivity contribution in [2.75, 3.05) is 13.1 Å². The molecule has 1 amide bonds. The maximum atomic E-state index is 12.4. The summed E-state index contributed by atoms with van der Waals surface area (Å²) < 4.78 is 5.17. The fourth-order valence-corrected chi connectivity index (χ4v) is 3.29. The molecule has 2 heterocycles. The molecule has 1 atom stereocenters. The van der Waals surface area contributed by atoms with Crippen molar-refractivity contribution in [3.05, 3.63) is 23.4 Å². The maximum Gasteiger partial charge on any atom is 0.260 e. The van der Waals surface area contributed by atoms with E-state index >= 15 is 0 Å². The number of hydrogen-bond acceptors (Lipinski definition) is 5. The largest absolute Gasteiger partial charge is 0.378 e. The minimum atomic E-state index is -1.21. The van der Waals surface area contributed by atoms with Crippen LogP contribution >= 0.6 is 0 Å². The van der Waals surface area contributed by atoms with E-state index < -0.39 is 5.60 Å². The monoisotopic (exact) mass is 319 g/mol. The van der Waals surface area contributed by atoms with Crippen molar-refractivity contribution < 1.29 is 14.4 Å². The van der Waals surface area contributed by atoms with Crippen LogP contribution < -0.4 is 0 Å². The number of likely N-dealkylation sites (tertiary alicyclic amines) is 1. The van der Waals surface area contributed by atoms with Gasteiger partial charge in [0, 0.05) is 25.5 Å². The first-order chi connectivity index (χ1) is 11.0. The number of carbonyl (C=O) groups excluding carboxylic acids is 1. The number of nitrogens with zero attached hydrogens (tertiary/aromatic N) is 3. The Labute approximate surface area is 136 Å². The number of aliphatic hydroxyl groups is 1. The van der Waals surface area contributed by atoms with Gasteiger partial charge in [-0.1, -0.05) is 24.6 Å². The number of β-amino-alcohol motifs (C(OH)–C–C–N with tert-alkyl or cyclic N) is 1. The average Bonchev–Trinajstić information content (AvgIpc) is 3.17. The van der Waals surface area contributed by atoms with Crippen LogP contribution in [-0.4, -0.2) is 39.1 Å². The molecule has 0 bridgehead atoms. The Morgan fingerprint density at radius 2 is 2.22 bits per heavy atom. The Balaban J connectivity index is 1.64. The van der Waals surface area contributed by atoms with Crippen molar-refractivity contribution in [3.8, 4) is 0 Å². The summed E-state index contributed by atoms with van der Waals surface area (Å²) in [6, 6.07) is 0. The topological polar surface area (TPSA) is 79.5 Å². The van der Waals surface area contributed by atoms with E-state index in [1.807, 2.05) is 6.92 Å². The third-order valence-electron chi connectivity index (χ3n) is 4.99. The molecule has 1 aliphatic carbocycles. The summed E-state index contributed by atoms with van der Waals surface area (Å²) in [7, 11) is 0. The molecule has 2 aliphatic rings. The molecule has 1 N–H and O–H groups in total. The summed E-state index contributed by atoms with van der Waals surface area (Å²) in [4.78, 5) is 18.3. The van der Waals surface area contributed by atoms with Gasteiger partial charge < -0.3 is 14.5 Å². The lowest BCUT2D eigenvalue weighted by molar-refractivity contribution is -0.126. The molecule has 6 nitrogen and oxygen atoms in total. The molecule has 23 heavy (non-hydrogen) atoms. The Morgan fingerprint density at radius 3 is 2.87 bits per heavy atom. The number of aryl methyl sites for hydroxylation is 1. The molecular formula is C17H25N3O3. The predicted molar refractivity (Wildman–Crippen MR) is 84.5 cm³/mol. The van der Waals surface area contributed by atoms with Crippen molar-refractivity contribution in [2.24, 2.45) is 5.92 Å². The highest BCUT2D eigenvalue weighted by Gasteiger charge is 2.43. The Kier molecular flexibility index (Phi) is 4.53. The molecule has 3 rings (SSSR count). The number of carbonyl (C=O) groups is 1. The SMILES string of the molecule is CCc1noc(C2(O)CCN(C(=O)C=C3CCC(C)CC3)C2)n1. The lowest BCUT2D eigenvalue weighted by Gasteiger charge is -2.22. The van der Waals surface area contributed by atoms with Crippen molar-refractivity contribution in [1.82, 2.24) is 15.0 Å². The Morgan fingerprint density at radius 1 is 1.48 bits per heavy atom. The van der Waals surface area contributed by atoms with Crippen LogP contribution in [0.25, 0.3) is 0 Å². The van der Waals surface area contributed by atoms with Crippen molar-refractivity contribution >= 4 is 5.91 Å². The van der Waals surface area contributed by atoms with E-state index in [0.29, 0.717) is 25.2 Å². The lowest BCUT2D eigenvalue weighted by Crippen LogP contribution is -2.34. The smallest absolute Gasteiger partial charge is 0.260 e. The second kappa shape index (κ2) is 6.43. The molecule has 1 saturated heterocycles. The van der Waals surface area contributed by atoms with Crippen molar-refractivity contribution in [1.29, 1.82) is 0 Å². The molecule has 1 aliphatic heterocycles. The van der Waals surface area contributed by atoms with Crippen LogP contribution in [0.4, 0.5) is 0 Å². The molecule has 0 radical (unpaired) electrons. The van der Waals surface area contributed by atoms with Crippen LogP contribution in [0, 0.1) is 5.92 Å². The van der Waals surface area contributed by atoms with Crippen LogP contribution in [-0.2, 0) is 16.8 Å². The van der Waals surface area contributed by atoms with Crippen LogP contribution in [0.5, 0.6) is 0 Å². The van der Waals surface area contributed by atoms with Gasteiger partial charge >= 0.3 is 0 Å². The van der Waals surface area contributed by atoms with Gasteiger partial charge in [0.05, 0.1) is 6.54 Å². The molecular weight excluding hydrogens is 294 g/mol. The summed E-state index contributed by atoms with van der Waals surface area (Å²) in [5.41, 5.74) is 0.0185. The molecule has 126 valence electrons. The zero-order valence-electron chi connectivity index (χ0n) is 13.9. The summed E-state index contributed by atoms with van der Waals surface area (Å²) in [6.07, 6.45) is 7.19. The summed E-state index contributed by atoms with van der Waals surface area (Å²) >= 11 is 0. The number of allylic oxidation sites excluding steroid dienone is 1. The Hall–Kier alpha value is -1.69. The van der Waals surface area contributed by atoms with Crippen molar-refractivity contribution in [3.63, 3.8) is 0 Å². The molecule has 1 aromatic heterocycles. The molecule has 6 heteroatoms. The highest BCUT2D eigenvalue weighted by molar-refractivity contribution is 5.88. The number of amides is 1. The molecule has 1 saturated carbocycles. The normalized spacial score (nSPS) is 28.2. The van der Waals surface area contributed by atoms with E-state index in [-0.39, 0.29) is 18.3 Å². The zero-order chi connectivity index (χ0) is 16.4. The third kappa shape index (κ3) is 3.47. The minimum Gasteiger partial charge on any atom is -0.378 e. The van der Waals surface area contributed by atoms with Gasteiger partial charge in [0.2, 0.25) is 5.91 Å². The standard InChI is InChI=1S/C17H25N3O3/c1-3-14-18-16(23-19-14)17(22)8-9-20(11-17)15(21)10-13-6-4-12(2)5-7-13/h10,12,22H,3-9,11H2,1-2H3. The maximum absolute atomic E-state index is 12.4. The van der Waals surface area contributed by atoms with E-state index in [9.17, 15) is 9.90 Å². The first kappa shape index (κ1) is 16.2. The van der Waals surface area contributed by atoms with Crippen LogP contribution in [0.1, 0.15) is 57.7 Å². The van der Waals surface area contributed by atoms with Gasteiger partial charge in [-0.05, 0) is 31.6 Å². The number of hydrogen-bond donors (Lipinski definition) is 1. The summed E-state index contributed by atoms with van der Waals surface area (Å²) in [5, 5.41) is 14.6. The number of aromatic nitrogens is 2. The van der Waals surface area contributed by atoms with E-state index in [4.69, 9.17) is 4.52 Å². The highest BCUT2D eigenvalue weighted by Crippen LogP contribution is 2.32. The van der Waals surface area contributed by atoms with Gasteiger partial charge in [0.1, 0.15) is 0 Å². The summed E-state index contributed by atoms with van der Waals surface area (Å²) in [6.45, 7) is 4.92. The zero-order valence-corrected chi connectivity index (χ0v) is 13.9. The molecule has 0 spiro atoms. The van der Waals surface area contributed by atoms with Gasteiger partial charge in [-0.3, -0.25) is 4.79 Å². The van der Waals surface area contributed by atoms with Gasteiger partial charge in [0.25, 0.3) is 5.89 Å². The third-order valence-corrected chi connectivity index (χ3v) is 4.99. The fraction of sp³-hybridized carbons (Fsp3) is 0.706. The van der Waals surface area contributed by atoms with E-state index in [2.05, 4.69) is 17.1 Å². The lowest BCUT2D eigenvalue weighted by atomic mass is 9.87. The summed E-state index contributed by atoms with van der Waals surface area (Å²) in [5.74, 6) is 1.55. The first-order valence-corrected chi connectivity index (χ1v) is 8.54. The van der Waals surface area contributed by atoms with Crippen molar-refractivity contribution in [2.45, 2.75) is 58.0 Å². The number of rotatable bonds is 3. The van der Waals surface area contributed by atoms with E-state index in [1.54, 1.807) is 11.0 Å². The molecule has 0 aromatic carbocycles. The van der Waals surface area contributed by atoms with Crippen LogP contribution in [0.15, 0.2) is 16.2 Å². The van der Waals surface area contributed by atoms with Gasteiger partial charge in [-0.25, -0.2) is 0 Å². The van der Waals surface area contributed by atoms with Gasteiger partial charge in [0.15, 0.2) is 11.4 Å². The molecule has 2 fully saturated rings. The minimum absolute atomic E-state index is 0.0132. The Bertz CT molecular complexity index is 600. The first-order valence-electron chi connectivity index (χ1n) is 8.54. The fourth-order valence-electron chi connectivity index (χ4n) is 3.29. The van der Waals surface area contributed by atoms with E-state index in [1.165, 1.54) is 5.57 Å². The molecule has 1 aromatic rings. The van der Waals surface area contributed by atoms with Gasteiger partial charge in [-0.15, -0.1) is 0 Å². The second-order valence-electron chi connectivity index (χ2n) is 6.90. The van der Waals surface area contributed by atoms with Crippen LogP contribution in [0.2, 0.25) is 0 Å². The van der Waals surface area contributed by atoms with E-state index in [0.717, 1.165) is 31.6 Å². The predicted octanol–water partition coefficient (Wildman–Crippen LogP) is 2.19. The van der Waals surface area contributed by atoms with Crippen LogP contribution in [0.3, 0.4) is 0 Å². The average molecular weight is 319 g/mol. The second-order valence-corrected chi connectivity index (χ2v) is 6.90. The molecule has 1 unspecified atom stereocenters. The van der Waals surface area contributed by atoms with Gasteiger partial charge in [-0.2, -0.15) is 4.98 Å².